The highest BCUT2D eigenvalue weighted by Crippen LogP contribution is 2.26. The van der Waals surface area contributed by atoms with Crippen LogP contribution in [0.3, 0.4) is 0 Å². The van der Waals surface area contributed by atoms with Crippen LogP contribution in [0.4, 0.5) is 11.4 Å². The maximum Gasteiger partial charge on any atom is 0.272 e. The Bertz CT molecular complexity index is 864. The number of primary amides is 1. The number of hydrogen-bond donors (Lipinski definition) is 3. The van der Waals surface area contributed by atoms with Gasteiger partial charge in [-0.05, 0) is 69.1 Å². The lowest BCUT2D eigenvalue weighted by molar-refractivity contribution is -0.122. The van der Waals surface area contributed by atoms with Crippen LogP contribution in [-0.2, 0) is 4.79 Å². The van der Waals surface area contributed by atoms with Gasteiger partial charge < -0.3 is 25.8 Å². The first-order chi connectivity index (χ1) is 14.1. The average Bonchev–Trinajstić information content (AvgIpc) is 3.25. The molecule has 0 spiro atoms. The minimum absolute atomic E-state index is 0.0306. The second-order valence-corrected chi connectivity index (χ2v) is 7.95. The van der Waals surface area contributed by atoms with Gasteiger partial charge in [0.2, 0.25) is 5.91 Å². The van der Waals surface area contributed by atoms with Crippen molar-refractivity contribution in [1.82, 2.24) is 9.88 Å². The number of nitrogens with two attached hydrogens (primary N) is 1. The van der Waals surface area contributed by atoms with Gasteiger partial charge in [-0.1, -0.05) is 6.07 Å². The summed E-state index contributed by atoms with van der Waals surface area (Å²) >= 11 is 0. The molecule has 0 radical (unpaired) electrons. The number of rotatable bonds is 5. The number of piperidine rings is 2. The van der Waals surface area contributed by atoms with Gasteiger partial charge in [0.05, 0.1) is 0 Å². The zero-order valence-corrected chi connectivity index (χ0v) is 16.6. The standard InChI is InChI=1S/C22H29N5O2/c23-21(28)16-8-13-26(14-9-16)19-4-1-3-17(15-19)25-22(29)20-5-2-12-27(20)18-6-10-24-11-7-18/h1-5,12,15-16,18,24H,6-11,13-14H2,(H2,23,28)(H,25,29). The molecule has 1 aromatic heterocycles. The van der Waals surface area contributed by atoms with Crippen LogP contribution in [0.1, 0.15) is 42.2 Å². The lowest BCUT2D eigenvalue weighted by atomic mass is 9.96. The molecule has 3 heterocycles. The molecule has 0 unspecified atom stereocenters. The molecular weight excluding hydrogens is 366 g/mol. The van der Waals surface area contributed by atoms with E-state index in [1.807, 2.05) is 42.6 Å². The van der Waals surface area contributed by atoms with E-state index in [-0.39, 0.29) is 17.7 Å². The number of aromatic nitrogens is 1. The van der Waals surface area contributed by atoms with Crippen LogP contribution >= 0.6 is 0 Å². The van der Waals surface area contributed by atoms with Crippen molar-refractivity contribution in [2.45, 2.75) is 31.7 Å². The van der Waals surface area contributed by atoms with Crippen molar-refractivity contribution in [3.05, 3.63) is 48.3 Å². The molecule has 2 aromatic rings. The highest BCUT2D eigenvalue weighted by atomic mass is 16.2. The van der Waals surface area contributed by atoms with Crippen LogP contribution in [-0.4, -0.2) is 42.6 Å². The summed E-state index contributed by atoms with van der Waals surface area (Å²) in [6, 6.07) is 12.1. The quantitative estimate of drug-likeness (QED) is 0.725. The maximum atomic E-state index is 12.9. The zero-order chi connectivity index (χ0) is 20.2. The normalized spacial score (nSPS) is 18.6. The predicted octanol–water partition coefficient (Wildman–Crippen LogP) is 2.37. The first-order valence-corrected chi connectivity index (χ1v) is 10.4. The number of anilines is 2. The Morgan fingerprint density at radius 1 is 1.03 bits per heavy atom. The van der Waals surface area contributed by atoms with Crippen molar-refractivity contribution in [2.75, 3.05) is 36.4 Å². The third-order valence-electron chi connectivity index (χ3n) is 6.08. The molecule has 29 heavy (non-hydrogen) atoms. The van der Waals surface area contributed by atoms with Crippen LogP contribution in [0.5, 0.6) is 0 Å². The van der Waals surface area contributed by atoms with E-state index < -0.39 is 0 Å². The van der Waals surface area contributed by atoms with Gasteiger partial charge in [-0.2, -0.15) is 0 Å². The molecule has 4 N–H and O–H groups in total. The summed E-state index contributed by atoms with van der Waals surface area (Å²) in [5, 5.41) is 6.42. The molecule has 1 aromatic carbocycles. The number of carbonyl (C=O) groups excluding carboxylic acids is 2. The van der Waals surface area contributed by atoms with Gasteiger partial charge >= 0.3 is 0 Å². The molecule has 0 atom stereocenters. The number of nitrogens with one attached hydrogen (secondary N) is 2. The molecule has 4 rings (SSSR count). The topological polar surface area (TPSA) is 92.4 Å². The van der Waals surface area contributed by atoms with Crippen LogP contribution in [0.2, 0.25) is 0 Å². The Morgan fingerprint density at radius 2 is 1.79 bits per heavy atom. The predicted molar refractivity (Wildman–Crippen MR) is 114 cm³/mol. The second kappa shape index (κ2) is 8.69. The number of nitrogens with zero attached hydrogens (tertiary/aromatic N) is 2. The highest BCUT2D eigenvalue weighted by Gasteiger charge is 2.24. The zero-order valence-electron chi connectivity index (χ0n) is 16.6. The summed E-state index contributed by atoms with van der Waals surface area (Å²) in [4.78, 5) is 26.6. The summed E-state index contributed by atoms with van der Waals surface area (Å²) < 4.78 is 2.11. The van der Waals surface area contributed by atoms with Crippen molar-refractivity contribution in [3.8, 4) is 0 Å². The van der Waals surface area contributed by atoms with Crippen LogP contribution < -0.4 is 21.3 Å². The molecule has 2 aliphatic rings. The molecular formula is C22H29N5O2. The molecule has 2 saturated heterocycles. The number of benzene rings is 1. The fraction of sp³-hybridized carbons (Fsp3) is 0.455. The first-order valence-electron chi connectivity index (χ1n) is 10.4. The summed E-state index contributed by atoms with van der Waals surface area (Å²) in [5.74, 6) is -0.322. The lowest BCUT2D eigenvalue weighted by Crippen LogP contribution is -2.38. The molecule has 154 valence electrons. The summed E-state index contributed by atoms with van der Waals surface area (Å²) in [7, 11) is 0. The molecule has 7 heteroatoms. The Morgan fingerprint density at radius 3 is 2.52 bits per heavy atom. The Labute approximate surface area is 171 Å². The SMILES string of the molecule is NC(=O)C1CCN(c2cccc(NC(=O)c3cccn3C3CCNCC3)c2)CC1. The molecule has 0 aliphatic carbocycles. The van der Waals surface area contributed by atoms with Gasteiger partial charge in [-0.25, -0.2) is 0 Å². The van der Waals surface area contributed by atoms with E-state index in [0.717, 1.165) is 63.2 Å². The van der Waals surface area contributed by atoms with Crippen molar-refractivity contribution >= 4 is 23.2 Å². The van der Waals surface area contributed by atoms with Crippen molar-refractivity contribution in [3.63, 3.8) is 0 Å². The van der Waals surface area contributed by atoms with E-state index >= 15 is 0 Å². The monoisotopic (exact) mass is 395 g/mol. The molecule has 2 aliphatic heterocycles. The number of amides is 2. The van der Waals surface area contributed by atoms with Gasteiger partial charge in [0, 0.05) is 42.6 Å². The van der Waals surface area contributed by atoms with E-state index in [1.165, 1.54) is 0 Å². The van der Waals surface area contributed by atoms with E-state index in [9.17, 15) is 9.59 Å². The van der Waals surface area contributed by atoms with Gasteiger partial charge in [0.25, 0.3) is 5.91 Å². The Hall–Kier alpha value is -2.80. The molecule has 2 amide bonds. The third kappa shape index (κ3) is 4.45. The van der Waals surface area contributed by atoms with Crippen LogP contribution in [0.15, 0.2) is 42.6 Å². The first kappa shape index (κ1) is 19.5. The number of carbonyl (C=O) groups is 2. The molecule has 7 nitrogen and oxygen atoms in total. The Kier molecular flexibility index (Phi) is 5.85. The summed E-state index contributed by atoms with van der Waals surface area (Å²) in [6.07, 6.45) is 5.62. The fourth-order valence-corrected chi connectivity index (χ4v) is 4.39. The molecule has 0 saturated carbocycles. The molecule has 0 bridgehead atoms. The van der Waals surface area contributed by atoms with Gasteiger partial charge in [0.15, 0.2) is 0 Å². The van der Waals surface area contributed by atoms with Gasteiger partial charge in [-0.3, -0.25) is 9.59 Å². The lowest BCUT2D eigenvalue weighted by Gasteiger charge is -2.32. The largest absolute Gasteiger partial charge is 0.371 e. The average molecular weight is 396 g/mol. The van der Waals surface area contributed by atoms with Crippen molar-refractivity contribution in [1.29, 1.82) is 0 Å². The van der Waals surface area contributed by atoms with Gasteiger partial charge in [0.1, 0.15) is 5.69 Å². The smallest absolute Gasteiger partial charge is 0.272 e. The minimum atomic E-state index is -0.206. The van der Waals surface area contributed by atoms with E-state index in [4.69, 9.17) is 5.73 Å². The summed E-state index contributed by atoms with van der Waals surface area (Å²) in [6.45, 7) is 3.56. The maximum absolute atomic E-state index is 12.9. The van der Waals surface area contributed by atoms with Crippen LogP contribution in [0.25, 0.3) is 0 Å². The number of hydrogen-bond acceptors (Lipinski definition) is 4. The molecule has 2 fully saturated rings. The van der Waals surface area contributed by atoms with Crippen molar-refractivity contribution in [2.24, 2.45) is 11.7 Å². The minimum Gasteiger partial charge on any atom is -0.371 e. The van der Waals surface area contributed by atoms with E-state index in [2.05, 4.69) is 20.1 Å². The van der Waals surface area contributed by atoms with E-state index in [1.54, 1.807) is 0 Å². The Balaban J connectivity index is 1.43. The third-order valence-corrected chi connectivity index (χ3v) is 6.08. The second-order valence-electron chi connectivity index (χ2n) is 7.95. The highest BCUT2D eigenvalue weighted by molar-refractivity contribution is 6.03. The summed E-state index contributed by atoms with van der Waals surface area (Å²) in [5.41, 5.74) is 7.97. The fourth-order valence-electron chi connectivity index (χ4n) is 4.39. The van der Waals surface area contributed by atoms with Crippen LogP contribution in [0, 0.1) is 5.92 Å². The van der Waals surface area contributed by atoms with Gasteiger partial charge in [-0.15, -0.1) is 0 Å². The van der Waals surface area contributed by atoms with E-state index in [0.29, 0.717) is 11.7 Å². The van der Waals surface area contributed by atoms with Crippen molar-refractivity contribution < 1.29 is 9.59 Å².